The number of amides is 2. The average Bonchev–Trinajstić information content (AvgIpc) is 3.33. The van der Waals surface area contributed by atoms with Crippen LogP contribution < -0.4 is 20.3 Å². The number of aromatic nitrogens is 2. The zero-order valence-electron chi connectivity index (χ0n) is 16.0. The summed E-state index contributed by atoms with van der Waals surface area (Å²) in [6.45, 7) is 2.96. The highest BCUT2D eigenvalue weighted by Crippen LogP contribution is 2.38. The Morgan fingerprint density at radius 1 is 1.14 bits per heavy atom. The van der Waals surface area contributed by atoms with Gasteiger partial charge in [-0.1, -0.05) is 0 Å². The van der Waals surface area contributed by atoms with Crippen LogP contribution >= 0.6 is 0 Å². The van der Waals surface area contributed by atoms with Crippen LogP contribution in [0.2, 0.25) is 0 Å². The molecule has 9 heteroatoms. The standard InChI is InChI=1S/C20H23N5O4/c21-18(26)15-3-1-6-24(15)13-4-5-14-16(11-13)28-10-8-23-12-17(22-19(14)23)25-7-2-9-29-20(25)27/h4-5,11-12,15H,1-3,6-10H2,(H2,21,26)/t15-/m0/s1. The van der Waals surface area contributed by atoms with Crippen molar-refractivity contribution < 1.29 is 19.1 Å². The second-order valence-corrected chi connectivity index (χ2v) is 7.52. The number of fused-ring (bicyclic) bond motifs is 3. The molecule has 9 nitrogen and oxygen atoms in total. The molecule has 5 rings (SSSR count). The van der Waals surface area contributed by atoms with Gasteiger partial charge in [-0.05, 0) is 31.4 Å². The largest absolute Gasteiger partial charge is 0.491 e. The Morgan fingerprint density at radius 2 is 2.03 bits per heavy atom. The summed E-state index contributed by atoms with van der Waals surface area (Å²) in [6.07, 6.45) is 4.01. The van der Waals surface area contributed by atoms with E-state index in [1.807, 2.05) is 33.9 Å². The van der Waals surface area contributed by atoms with Crippen LogP contribution in [0.1, 0.15) is 19.3 Å². The van der Waals surface area contributed by atoms with Gasteiger partial charge >= 0.3 is 6.09 Å². The van der Waals surface area contributed by atoms with Crippen molar-refractivity contribution in [2.75, 3.05) is 36.1 Å². The van der Waals surface area contributed by atoms with Crippen LogP contribution in [0.15, 0.2) is 24.4 Å². The van der Waals surface area contributed by atoms with Crippen LogP contribution in [0.25, 0.3) is 11.4 Å². The monoisotopic (exact) mass is 397 g/mol. The molecule has 2 N–H and O–H groups in total. The number of primary amides is 1. The third kappa shape index (κ3) is 3.06. The first kappa shape index (κ1) is 17.8. The van der Waals surface area contributed by atoms with E-state index in [1.54, 1.807) is 4.90 Å². The molecule has 0 radical (unpaired) electrons. The van der Waals surface area contributed by atoms with Crippen LogP contribution in [0, 0.1) is 0 Å². The zero-order valence-corrected chi connectivity index (χ0v) is 16.0. The van der Waals surface area contributed by atoms with Gasteiger partial charge in [-0.2, -0.15) is 0 Å². The van der Waals surface area contributed by atoms with E-state index in [-0.39, 0.29) is 18.0 Å². The van der Waals surface area contributed by atoms with E-state index in [2.05, 4.69) is 0 Å². The molecule has 2 saturated heterocycles. The first-order valence-electron chi connectivity index (χ1n) is 9.96. The summed E-state index contributed by atoms with van der Waals surface area (Å²) in [7, 11) is 0. The summed E-state index contributed by atoms with van der Waals surface area (Å²) < 4.78 is 13.1. The second kappa shape index (κ2) is 6.98. The van der Waals surface area contributed by atoms with Gasteiger partial charge in [0.15, 0.2) is 5.82 Å². The lowest BCUT2D eigenvalue weighted by Gasteiger charge is -2.25. The summed E-state index contributed by atoms with van der Waals surface area (Å²) in [6, 6.07) is 5.61. The molecule has 4 heterocycles. The van der Waals surface area contributed by atoms with E-state index in [9.17, 15) is 9.59 Å². The molecule has 152 valence electrons. The first-order valence-corrected chi connectivity index (χ1v) is 9.96. The number of anilines is 2. The van der Waals surface area contributed by atoms with Gasteiger partial charge < -0.3 is 24.7 Å². The van der Waals surface area contributed by atoms with Crippen molar-refractivity contribution >= 4 is 23.5 Å². The molecule has 2 aromatic rings. The summed E-state index contributed by atoms with van der Waals surface area (Å²) in [5, 5.41) is 0. The fraction of sp³-hybridized carbons (Fsp3) is 0.450. The molecule has 0 aliphatic carbocycles. The van der Waals surface area contributed by atoms with Crippen molar-refractivity contribution in [1.29, 1.82) is 0 Å². The Hall–Kier alpha value is -3.23. The third-order valence-corrected chi connectivity index (χ3v) is 5.72. The van der Waals surface area contributed by atoms with Crippen molar-refractivity contribution in [1.82, 2.24) is 9.55 Å². The SMILES string of the molecule is NC(=O)[C@@H]1CCCN1c1ccc2c(c1)OCCn1cc(N3CCCOC3=O)nc1-2. The van der Waals surface area contributed by atoms with Crippen molar-refractivity contribution in [3.63, 3.8) is 0 Å². The Labute approximate surface area is 168 Å². The van der Waals surface area contributed by atoms with Crippen molar-refractivity contribution in [2.45, 2.75) is 31.8 Å². The molecule has 1 atom stereocenters. The molecule has 29 heavy (non-hydrogen) atoms. The topological polar surface area (TPSA) is 103 Å². The van der Waals surface area contributed by atoms with Gasteiger partial charge in [-0.25, -0.2) is 9.78 Å². The maximum Gasteiger partial charge on any atom is 0.415 e. The van der Waals surface area contributed by atoms with Crippen LogP contribution in [0.3, 0.4) is 0 Å². The summed E-state index contributed by atoms with van der Waals surface area (Å²) in [5.41, 5.74) is 7.35. The van der Waals surface area contributed by atoms with Crippen LogP contribution in [0.4, 0.5) is 16.3 Å². The fourth-order valence-electron chi connectivity index (χ4n) is 4.30. The van der Waals surface area contributed by atoms with Crippen LogP contribution in [-0.4, -0.2) is 53.9 Å². The Kier molecular flexibility index (Phi) is 4.30. The zero-order chi connectivity index (χ0) is 20.0. The van der Waals surface area contributed by atoms with Gasteiger partial charge in [-0.15, -0.1) is 0 Å². The minimum absolute atomic E-state index is 0.280. The maximum absolute atomic E-state index is 12.1. The number of rotatable bonds is 3. The molecular formula is C20H23N5O4. The number of carbonyl (C=O) groups is 2. The van der Waals surface area contributed by atoms with E-state index in [1.165, 1.54) is 0 Å². The predicted molar refractivity (Wildman–Crippen MR) is 106 cm³/mol. The van der Waals surface area contributed by atoms with E-state index in [4.69, 9.17) is 20.2 Å². The molecule has 0 spiro atoms. The minimum Gasteiger partial charge on any atom is -0.491 e. The lowest BCUT2D eigenvalue weighted by Crippen LogP contribution is -2.40. The van der Waals surface area contributed by atoms with E-state index in [0.29, 0.717) is 32.1 Å². The number of hydrogen-bond donors (Lipinski definition) is 1. The van der Waals surface area contributed by atoms with Gasteiger partial charge in [0.05, 0.1) is 18.7 Å². The lowest BCUT2D eigenvalue weighted by molar-refractivity contribution is -0.119. The number of nitrogens with zero attached hydrogens (tertiary/aromatic N) is 4. The minimum atomic E-state index is -0.358. The molecule has 3 aliphatic heterocycles. The number of cyclic esters (lactones) is 1. The Balaban J connectivity index is 1.50. The smallest absolute Gasteiger partial charge is 0.415 e. The van der Waals surface area contributed by atoms with Crippen LogP contribution in [-0.2, 0) is 16.1 Å². The highest BCUT2D eigenvalue weighted by atomic mass is 16.6. The first-order chi connectivity index (χ1) is 14.1. The van der Waals surface area contributed by atoms with Gasteiger partial charge in [-0.3, -0.25) is 9.69 Å². The Bertz CT molecular complexity index is 972. The van der Waals surface area contributed by atoms with Crippen molar-refractivity contribution in [3.05, 3.63) is 24.4 Å². The molecule has 3 aliphatic rings. The van der Waals surface area contributed by atoms with E-state index in [0.717, 1.165) is 48.6 Å². The molecular weight excluding hydrogens is 374 g/mol. The highest BCUT2D eigenvalue weighted by molar-refractivity contribution is 5.88. The number of nitrogens with two attached hydrogens (primary N) is 1. The molecule has 2 amide bonds. The molecule has 0 unspecified atom stereocenters. The summed E-state index contributed by atoms with van der Waals surface area (Å²) >= 11 is 0. The van der Waals surface area contributed by atoms with Gasteiger partial charge in [0.1, 0.15) is 24.2 Å². The van der Waals surface area contributed by atoms with Crippen LogP contribution in [0.5, 0.6) is 5.75 Å². The molecule has 0 bridgehead atoms. The quantitative estimate of drug-likeness (QED) is 0.846. The molecule has 2 fully saturated rings. The normalized spacial score (nSPS) is 21.1. The molecule has 0 saturated carbocycles. The average molecular weight is 397 g/mol. The summed E-state index contributed by atoms with van der Waals surface area (Å²) in [5.74, 6) is 1.77. The number of imidazole rings is 1. The second-order valence-electron chi connectivity index (χ2n) is 7.52. The highest BCUT2D eigenvalue weighted by Gasteiger charge is 2.31. The van der Waals surface area contributed by atoms with Gasteiger partial charge in [0.25, 0.3) is 0 Å². The Morgan fingerprint density at radius 3 is 2.86 bits per heavy atom. The van der Waals surface area contributed by atoms with Gasteiger partial charge in [0, 0.05) is 31.0 Å². The number of ether oxygens (including phenoxy) is 2. The van der Waals surface area contributed by atoms with Crippen molar-refractivity contribution in [3.8, 4) is 17.1 Å². The maximum atomic E-state index is 12.1. The van der Waals surface area contributed by atoms with Crippen molar-refractivity contribution in [2.24, 2.45) is 5.73 Å². The lowest BCUT2D eigenvalue weighted by atomic mass is 10.1. The summed E-state index contributed by atoms with van der Waals surface area (Å²) in [4.78, 5) is 32.2. The predicted octanol–water partition coefficient (Wildman–Crippen LogP) is 1.74. The van der Waals surface area contributed by atoms with E-state index >= 15 is 0 Å². The third-order valence-electron chi connectivity index (χ3n) is 5.72. The fourth-order valence-corrected chi connectivity index (χ4v) is 4.30. The number of carbonyl (C=O) groups excluding carboxylic acids is 2. The molecule has 1 aromatic carbocycles. The number of benzene rings is 1. The van der Waals surface area contributed by atoms with Gasteiger partial charge in [0.2, 0.25) is 5.91 Å². The van der Waals surface area contributed by atoms with E-state index < -0.39 is 0 Å². The molecule has 1 aromatic heterocycles. The number of hydrogen-bond acceptors (Lipinski definition) is 6.